The molecule has 0 aliphatic carbocycles. The monoisotopic (exact) mass is 487 g/mol. The molecule has 0 bridgehead atoms. The first-order chi connectivity index (χ1) is 13.1. The van der Waals surface area contributed by atoms with Crippen LogP contribution in [0.4, 0.5) is 10.1 Å². The Morgan fingerprint density at radius 3 is 2.32 bits per heavy atom. The average Bonchev–Trinajstić information content (AvgIpc) is 2.87. The van der Waals surface area contributed by atoms with E-state index in [4.69, 9.17) is 0 Å². The molecule has 1 spiro atoms. The zero-order chi connectivity index (χ0) is 20.3. The summed E-state index contributed by atoms with van der Waals surface area (Å²) in [5, 5.41) is 0. The van der Waals surface area contributed by atoms with Crippen LogP contribution in [0, 0.1) is 5.82 Å². The van der Waals surface area contributed by atoms with E-state index in [1.54, 1.807) is 12.1 Å². The van der Waals surface area contributed by atoms with Crippen LogP contribution >= 0.6 is 15.9 Å². The van der Waals surface area contributed by atoms with Crippen molar-refractivity contribution in [2.45, 2.75) is 36.1 Å². The van der Waals surface area contributed by atoms with Gasteiger partial charge in [0.1, 0.15) is 15.7 Å². The molecule has 9 heteroatoms. The Balaban J connectivity index is 1.88. The van der Waals surface area contributed by atoms with Gasteiger partial charge in [0.2, 0.25) is 0 Å². The van der Waals surface area contributed by atoms with E-state index < -0.39 is 37.1 Å². The van der Waals surface area contributed by atoms with Gasteiger partial charge in [0.25, 0.3) is 10.0 Å². The Morgan fingerprint density at radius 2 is 1.71 bits per heavy atom. The van der Waals surface area contributed by atoms with Crippen LogP contribution in [0.25, 0.3) is 0 Å². The number of rotatable bonds is 2. The van der Waals surface area contributed by atoms with Crippen molar-refractivity contribution in [3.63, 3.8) is 0 Å². The molecule has 2 aliphatic rings. The van der Waals surface area contributed by atoms with Gasteiger partial charge in [0, 0.05) is 9.89 Å². The molecule has 5 nitrogen and oxygen atoms in total. The largest absolute Gasteiger partial charge is 0.264 e. The molecular weight excluding hydrogens is 469 g/mol. The zero-order valence-electron chi connectivity index (χ0n) is 15.1. The average molecular weight is 488 g/mol. The Bertz CT molecular complexity index is 1130. The van der Waals surface area contributed by atoms with Crippen molar-refractivity contribution in [3.05, 3.63) is 58.3 Å². The van der Waals surface area contributed by atoms with Gasteiger partial charge in [-0.15, -0.1) is 0 Å². The van der Waals surface area contributed by atoms with E-state index in [9.17, 15) is 21.2 Å². The zero-order valence-corrected chi connectivity index (χ0v) is 18.3. The molecule has 1 unspecified atom stereocenters. The van der Waals surface area contributed by atoms with E-state index >= 15 is 0 Å². The number of halogens is 2. The van der Waals surface area contributed by atoms with E-state index in [1.807, 2.05) is 13.0 Å². The first-order valence-electron chi connectivity index (χ1n) is 8.87. The number of fused-ring (bicyclic) bond motifs is 2. The molecule has 0 radical (unpaired) electrons. The number of sulfonamides is 1. The predicted molar refractivity (Wildman–Crippen MR) is 109 cm³/mol. The minimum absolute atomic E-state index is 0.00935. The van der Waals surface area contributed by atoms with Crippen LogP contribution in [0.15, 0.2) is 51.8 Å². The van der Waals surface area contributed by atoms with E-state index in [0.29, 0.717) is 18.5 Å². The Labute approximate surface area is 172 Å². The fraction of sp³-hybridized carbons (Fsp3) is 0.368. The Morgan fingerprint density at radius 1 is 1.11 bits per heavy atom. The summed E-state index contributed by atoms with van der Waals surface area (Å²) >= 11 is 3.45. The molecule has 4 rings (SSSR count). The molecule has 150 valence electrons. The first kappa shape index (κ1) is 19.8. The lowest BCUT2D eigenvalue weighted by Crippen LogP contribution is -2.49. The molecule has 1 saturated heterocycles. The quantitative estimate of drug-likeness (QED) is 0.648. The third kappa shape index (κ3) is 2.98. The lowest BCUT2D eigenvalue weighted by Gasteiger charge is -2.39. The Hall–Kier alpha value is -1.45. The number of hydrogen-bond acceptors (Lipinski definition) is 4. The van der Waals surface area contributed by atoms with Gasteiger partial charge in [-0.05, 0) is 67.8 Å². The maximum atomic E-state index is 13.4. The summed E-state index contributed by atoms with van der Waals surface area (Å²) in [6, 6.07) is 9.72. The smallest absolute Gasteiger partial charge is 0.262 e. The lowest BCUT2D eigenvalue weighted by atomic mass is 9.73. The van der Waals surface area contributed by atoms with Crippen LogP contribution in [0.3, 0.4) is 0 Å². The SMILES string of the molecule is CC1N(S(=O)(=O)c2ccc(F)cc2)c2ccc(Br)cc2C12CCS(=O)(=O)CC2. The standard InChI is InChI=1S/C19H19BrFNO4S2/c1-13-19(8-10-27(23,24)11-9-19)17-12-14(20)2-7-18(17)22(13)28(25,26)16-5-3-15(21)4-6-16/h2-7,12-13H,8-11H2,1H3. The molecule has 2 aromatic carbocycles. The van der Waals surface area contributed by atoms with Gasteiger partial charge in [-0.1, -0.05) is 15.9 Å². The van der Waals surface area contributed by atoms with E-state index in [-0.39, 0.29) is 16.4 Å². The van der Waals surface area contributed by atoms with Crippen LogP contribution in [0.1, 0.15) is 25.3 Å². The molecule has 0 aromatic heterocycles. The predicted octanol–water partition coefficient (Wildman–Crippen LogP) is 3.63. The van der Waals surface area contributed by atoms with Crippen molar-refractivity contribution in [1.29, 1.82) is 0 Å². The van der Waals surface area contributed by atoms with Crippen molar-refractivity contribution in [3.8, 4) is 0 Å². The molecular formula is C19H19BrFNO4S2. The number of nitrogens with zero attached hydrogens (tertiary/aromatic N) is 1. The third-order valence-electron chi connectivity index (χ3n) is 5.97. The number of sulfone groups is 1. The topological polar surface area (TPSA) is 71.5 Å². The summed E-state index contributed by atoms with van der Waals surface area (Å²) < 4.78 is 66.4. The number of anilines is 1. The maximum absolute atomic E-state index is 13.4. The van der Waals surface area contributed by atoms with E-state index in [1.165, 1.54) is 16.4 Å². The molecule has 28 heavy (non-hydrogen) atoms. The van der Waals surface area contributed by atoms with Crippen molar-refractivity contribution in [2.75, 3.05) is 15.8 Å². The molecule has 1 atom stereocenters. The van der Waals surface area contributed by atoms with Crippen LogP contribution in [-0.2, 0) is 25.3 Å². The molecule has 0 amide bonds. The molecule has 2 aliphatic heterocycles. The van der Waals surface area contributed by atoms with Gasteiger partial charge in [-0.2, -0.15) is 0 Å². The highest BCUT2D eigenvalue weighted by Crippen LogP contribution is 2.53. The van der Waals surface area contributed by atoms with Gasteiger partial charge in [-0.25, -0.2) is 21.2 Å². The van der Waals surface area contributed by atoms with Gasteiger partial charge in [-0.3, -0.25) is 4.31 Å². The summed E-state index contributed by atoms with van der Waals surface area (Å²) in [6.07, 6.45) is 0.741. The van der Waals surface area contributed by atoms with Gasteiger partial charge < -0.3 is 0 Å². The molecule has 2 aromatic rings. The molecule has 0 saturated carbocycles. The molecule has 0 N–H and O–H groups in total. The summed E-state index contributed by atoms with van der Waals surface area (Å²) in [5.74, 6) is -0.437. The van der Waals surface area contributed by atoms with E-state index in [0.717, 1.165) is 22.2 Å². The van der Waals surface area contributed by atoms with Crippen LogP contribution < -0.4 is 4.31 Å². The Kier molecular flexibility index (Phi) is 4.63. The van der Waals surface area contributed by atoms with Crippen LogP contribution in [0.2, 0.25) is 0 Å². The molecule has 2 heterocycles. The maximum Gasteiger partial charge on any atom is 0.264 e. The second kappa shape index (κ2) is 6.53. The summed E-state index contributed by atoms with van der Waals surface area (Å²) in [4.78, 5) is 0.00935. The lowest BCUT2D eigenvalue weighted by molar-refractivity contribution is 0.347. The highest BCUT2D eigenvalue weighted by molar-refractivity contribution is 9.10. The van der Waals surface area contributed by atoms with Crippen LogP contribution in [0.5, 0.6) is 0 Å². The van der Waals surface area contributed by atoms with Crippen molar-refractivity contribution >= 4 is 41.5 Å². The van der Waals surface area contributed by atoms with Gasteiger partial charge in [0.15, 0.2) is 0 Å². The second-order valence-corrected chi connectivity index (χ2v) is 12.4. The van der Waals surface area contributed by atoms with E-state index in [2.05, 4.69) is 15.9 Å². The highest BCUT2D eigenvalue weighted by Gasteiger charge is 2.54. The number of benzene rings is 2. The van der Waals surface area contributed by atoms with Crippen molar-refractivity contribution in [2.24, 2.45) is 0 Å². The summed E-state index contributed by atoms with van der Waals surface area (Å²) in [6.45, 7) is 1.83. The minimum Gasteiger partial charge on any atom is -0.262 e. The first-order valence-corrected chi connectivity index (χ1v) is 12.9. The normalized spacial score (nSPS) is 23.0. The van der Waals surface area contributed by atoms with Gasteiger partial charge in [0.05, 0.1) is 28.1 Å². The summed E-state index contributed by atoms with van der Waals surface area (Å²) in [5.41, 5.74) is 0.826. The third-order valence-corrected chi connectivity index (χ3v) is 10.0. The highest BCUT2D eigenvalue weighted by atomic mass is 79.9. The molecule has 1 fully saturated rings. The fourth-order valence-electron chi connectivity index (χ4n) is 4.40. The fourth-order valence-corrected chi connectivity index (χ4v) is 8.06. The number of hydrogen-bond donors (Lipinski definition) is 0. The van der Waals surface area contributed by atoms with Gasteiger partial charge >= 0.3 is 0 Å². The van der Waals surface area contributed by atoms with Crippen LogP contribution in [-0.4, -0.2) is 34.4 Å². The van der Waals surface area contributed by atoms with Crippen molar-refractivity contribution < 1.29 is 21.2 Å². The minimum atomic E-state index is -3.93. The van der Waals surface area contributed by atoms with Crippen molar-refractivity contribution in [1.82, 2.24) is 0 Å². The summed E-state index contributed by atoms with van der Waals surface area (Å²) in [7, 11) is -7.05. The second-order valence-electron chi connectivity index (χ2n) is 7.40.